The van der Waals surface area contributed by atoms with Crippen LogP contribution in [-0.2, 0) is 0 Å². The normalized spacial score (nSPS) is 19.7. The molecule has 26 heavy (non-hydrogen) atoms. The van der Waals surface area contributed by atoms with E-state index in [9.17, 15) is 30.3 Å². The van der Waals surface area contributed by atoms with Gasteiger partial charge in [0.05, 0.1) is 11.0 Å². The summed E-state index contributed by atoms with van der Waals surface area (Å²) in [5.41, 5.74) is -2.26. The molecule has 0 fully saturated rings. The van der Waals surface area contributed by atoms with Crippen LogP contribution in [0.2, 0.25) is 0 Å². The van der Waals surface area contributed by atoms with Gasteiger partial charge in [0.2, 0.25) is 5.43 Å². The van der Waals surface area contributed by atoms with Gasteiger partial charge in [-0.1, -0.05) is 0 Å². The van der Waals surface area contributed by atoms with Crippen LogP contribution < -0.4 is 10.2 Å². The maximum atomic E-state index is 13.0. The monoisotopic (exact) mass is 360 g/mol. The van der Waals surface area contributed by atoms with Crippen LogP contribution in [0.4, 0.5) is 0 Å². The van der Waals surface area contributed by atoms with Crippen LogP contribution in [0.3, 0.4) is 0 Å². The largest absolute Gasteiger partial charge is 0.508 e. The summed E-state index contributed by atoms with van der Waals surface area (Å²) >= 11 is 0. The van der Waals surface area contributed by atoms with Crippen LogP contribution in [0.25, 0.3) is 21.9 Å². The number of benzene rings is 2. The first-order chi connectivity index (χ1) is 12.1. The molecule has 8 nitrogen and oxygen atoms in total. The predicted octanol–water partition coefficient (Wildman–Crippen LogP) is 1.63. The second-order valence-corrected chi connectivity index (χ2v) is 6.92. The molecule has 3 aromatic rings. The minimum atomic E-state index is -1.46. The van der Waals surface area contributed by atoms with Crippen LogP contribution in [0.5, 0.6) is 23.0 Å². The number of phenolic OH excluding ortho intramolecular Hbond substituents is 3. The van der Waals surface area contributed by atoms with Gasteiger partial charge in [-0.25, -0.2) is 0 Å². The van der Waals surface area contributed by atoms with E-state index in [0.717, 1.165) is 18.2 Å². The molecule has 0 aliphatic carbocycles. The highest BCUT2D eigenvalue weighted by Gasteiger charge is 2.45. The number of aliphatic hydroxyl groups excluding tert-OH is 1. The summed E-state index contributed by atoms with van der Waals surface area (Å²) in [5.74, 6) is -1.27. The minimum absolute atomic E-state index is 0.0183. The molecule has 5 N–H and O–H groups in total. The fourth-order valence-corrected chi connectivity index (χ4v) is 3.38. The van der Waals surface area contributed by atoms with E-state index < -0.39 is 29.0 Å². The molecule has 1 aromatic heterocycles. The van der Waals surface area contributed by atoms with E-state index in [-0.39, 0.29) is 44.8 Å². The van der Waals surface area contributed by atoms with Gasteiger partial charge in [0.25, 0.3) is 0 Å². The molecule has 0 bridgehead atoms. The van der Waals surface area contributed by atoms with Crippen molar-refractivity contribution in [3.05, 3.63) is 34.0 Å². The quantitative estimate of drug-likeness (QED) is 0.412. The fourth-order valence-electron chi connectivity index (χ4n) is 3.38. The molecule has 136 valence electrons. The van der Waals surface area contributed by atoms with Crippen molar-refractivity contribution < 1.29 is 34.7 Å². The molecule has 8 heteroatoms. The molecule has 0 amide bonds. The molecule has 2 heterocycles. The highest BCUT2D eigenvalue weighted by molar-refractivity contribution is 5.97. The Balaban J connectivity index is 2.14. The average molecular weight is 360 g/mol. The maximum absolute atomic E-state index is 13.0. The zero-order valence-corrected chi connectivity index (χ0v) is 13.8. The van der Waals surface area contributed by atoms with E-state index in [0.29, 0.717) is 0 Å². The van der Waals surface area contributed by atoms with Crippen molar-refractivity contribution in [2.75, 3.05) is 0 Å². The van der Waals surface area contributed by atoms with Crippen molar-refractivity contribution in [1.29, 1.82) is 0 Å². The Labute approximate surface area is 146 Å². The van der Waals surface area contributed by atoms with Gasteiger partial charge < -0.3 is 34.7 Å². The van der Waals surface area contributed by atoms with Gasteiger partial charge in [-0.15, -0.1) is 0 Å². The van der Waals surface area contributed by atoms with Gasteiger partial charge in [-0.2, -0.15) is 0 Å². The van der Waals surface area contributed by atoms with Gasteiger partial charge in [0, 0.05) is 23.8 Å². The Kier molecular flexibility index (Phi) is 3.19. The molecule has 2 aromatic carbocycles. The molecular formula is C18H16O8. The van der Waals surface area contributed by atoms with Crippen LogP contribution in [0.15, 0.2) is 27.4 Å². The summed E-state index contributed by atoms with van der Waals surface area (Å²) < 4.78 is 11.1. The number of aromatic hydroxyl groups is 3. The Bertz CT molecular complexity index is 1120. The molecule has 1 aliphatic rings. The van der Waals surface area contributed by atoms with Crippen molar-refractivity contribution in [2.45, 2.75) is 31.7 Å². The summed E-state index contributed by atoms with van der Waals surface area (Å²) in [4.78, 5) is 13.0. The van der Waals surface area contributed by atoms with E-state index in [2.05, 4.69) is 0 Å². The van der Waals surface area contributed by atoms with Gasteiger partial charge >= 0.3 is 0 Å². The van der Waals surface area contributed by atoms with E-state index in [1.165, 1.54) is 13.8 Å². The van der Waals surface area contributed by atoms with Crippen molar-refractivity contribution in [3.8, 4) is 23.0 Å². The van der Waals surface area contributed by atoms with E-state index in [1.807, 2.05) is 0 Å². The Hall–Kier alpha value is -2.97. The van der Waals surface area contributed by atoms with E-state index in [1.54, 1.807) is 0 Å². The topological polar surface area (TPSA) is 141 Å². The molecule has 0 saturated carbocycles. The van der Waals surface area contributed by atoms with Crippen LogP contribution in [-0.4, -0.2) is 37.2 Å². The number of phenols is 3. The Morgan fingerprint density at radius 3 is 2.31 bits per heavy atom. The Morgan fingerprint density at radius 1 is 1.00 bits per heavy atom. The lowest BCUT2D eigenvalue weighted by Crippen LogP contribution is -2.41. The summed E-state index contributed by atoms with van der Waals surface area (Å²) in [6, 6.07) is 3.31. The van der Waals surface area contributed by atoms with Gasteiger partial charge in [-0.3, -0.25) is 4.79 Å². The predicted molar refractivity (Wildman–Crippen MR) is 90.7 cm³/mol. The van der Waals surface area contributed by atoms with E-state index in [4.69, 9.17) is 9.15 Å². The van der Waals surface area contributed by atoms with Crippen molar-refractivity contribution in [2.24, 2.45) is 0 Å². The summed E-state index contributed by atoms with van der Waals surface area (Å²) in [5, 5.41) is 50.4. The maximum Gasteiger partial charge on any atom is 0.204 e. The number of hydrogen-bond donors (Lipinski definition) is 5. The minimum Gasteiger partial charge on any atom is -0.508 e. The first-order valence-corrected chi connectivity index (χ1v) is 7.85. The molecular weight excluding hydrogens is 344 g/mol. The second kappa shape index (κ2) is 5.03. The van der Waals surface area contributed by atoms with Gasteiger partial charge in [-0.05, 0) is 13.8 Å². The molecule has 0 radical (unpaired) electrons. The summed E-state index contributed by atoms with van der Waals surface area (Å²) in [6.07, 6.45) is -2.52. The number of rotatable bonds is 1. The van der Waals surface area contributed by atoms with Crippen molar-refractivity contribution >= 4 is 21.9 Å². The van der Waals surface area contributed by atoms with Crippen LogP contribution in [0, 0.1) is 0 Å². The Morgan fingerprint density at radius 2 is 1.65 bits per heavy atom. The SMILES string of the molecule is CC(C)(O)[C@H]1Oc2c(O)cc3oc4cc(O)cc(O)c4c(=O)c3c2[C@@H]1O. The smallest absolute Gasteiger partial charge is 0.204 e. The summed E-state index contributed by atoms with van der Waals surface area (Å²) in [7, 11) is 0. The number of aliphatic hydroxyl groups is 2. The zero-order chi connectivity index (χ0) is 19.0. The zero-order valence-electron chi connectivity index (χ0n) is 13.8. The van der Waals surface area contributed by atoms with Gasteiger partial charge in [0.15, 0.2) is 17.6 Å². The lowest BCUT2D eigenvalue weighted by Gasteiger charge is -2.27. The molecule has 0 unspecified atom stereocenters. The fraction of sp³-hybridized carbons (Fsp3) is 0.278. The third kappa shape index (κ3) is 2.12. The van der Waals surface area contributed by atoms with Gasteiger partial charge in [0.1, 0.15) is 34.2 Å². The second-order valence-electron chi connectivity index (χ2n) is 6.92. The number of ether oxygens (including phenoxy) is 1. The average Bonchev–Trinajstić information content (AvgIpc) is 2.85. The van der Waals surface area contributed by atoms with E-state index >= 15 is 0 Å². The third-order valence-corrected chi connectivity index (χ3v) is 4.52. The van der Waals surface area contributed by atoms with Crippen molar-refractivity contribution in [3.63, 3.8) is 0 Å². The highest BCUT2D eigenvalue weighted by Crippen LogP contribution is 2.49. The van der Waals surface area contributed by atoms with Crippen molar-refractivity contribution in [1.82, 2.24) is 0 Å². The third-order valence-electron chi connectivity index (χ3n) is 4.52. The van der Waals surface area contributed by atoms with Crippen LogP contribution >= 0.6 is 0 Å². The molecule has 4 rings (SSSR count). The highest BCUT2D eigenvalue weighted by atomic mass is 16.5. The first kappa shape index (κ1) is 16.5. The first-order valence-electron chi connectivity index (χ1n) is 7.85. The number of hydrogen-bond acceptors (Lipinski definition) is 8. The molecule has 0 spiro atoms. The lowest BCUT2D eigenvalue weighted by molar-refractivity contribution is -0.0764. The molecule has 1 aliphatic heterocycles. The summed E-state index contributed by atoms with van der Waals surface area (Å²) in [6.45, 7) is 2.86. The lowest BCUT2D eigenvalue weighted by atomic mass is 9.92. The molecule has 2 atom stereocenters. The standard InChI is InChI=1S/C18H16O8/c1-18(2,24)17-15(23)13-12-10(5-8(21)16(13)26-17)25-9-4-6(19)3-7(20)11(9)14(12)22/h3-5,15,17,19-21,23-24H,1-2H3/t15-,17-/m0/s1. The van der Waals surface area contributed by atoms with Crippen LogP contribution in [0.1, 0.15) is 25.5 Å². The number of fused-ring (bicyclic) bond motifs is 4. The molecule has 0 saturated heterocycles.